The van der Waals surface area contributed by atoms with Crippen LogP contribution in [0.2, 0.25) is 0 Å². The van der Waals surface area contributed by atoms with Crippen molar-refractivity contribution in [2.24, 2.45) is 11.8 Å². The average molecular weight is 282 g/mol. The van der Waals surface area contributed by atoms with Crippen LogP contribution in [0.3, 0.4) is 0 Å². The van der Waals surface area contributed by atoms with E-state index in [0.717, 1.165) is 12.8 Å². The number of rotatable bonds is 5. The number of amides is 1. The summed E-state index contributed by atoms with van der Waals surface area (Å²) in [7, 11) is 0. The summed E-state index contributed by atoms with van der Waals surface area (Å²) in [4.78, 5) is 23.4. The Hall–Kier alpha value is -1.10. The van der Waals surface area contributed by atoms with Crippen LogP contribution < -0.4 is 10.6 Å². The topological polar surface area (TPSA) is 78.4 Å². The van der Waals surface area contributed by atoms with Gasteiger partial charge in [-0.2, -0.15) is 0 Å². The molecular weight excluding hydrogens is 256 g/mol. The van der Waals surface area contributed by atoms with Gasteiger partial charge in [0.05, 0.1) is 6.04 Å². The molecule has 2 aliphatic rings. The summed E-state index contributed by atoms with van der Waals surface area (Å²) < 4.78 is 0. The average Bonchev–Trinajstić information content (AvgIpc) is 2.81. The number of aliphatic carboxylic acids is 1. The van der Waals surface area contributed by atoms with Crippen molar-refractivity contribution < 1.29 is 14.7 Å². The molecule has 2 fully saturated rings. The number of carboxylic acid groups (broad SMARTS) is 1. The lowest BCUT2D eigenvalue weighted by atomic mass is 9.85. The van der Waals surface area contributed by atoms with Crippen LogP contribution in [0.4, 0.5) is 0 Å². The molecule has 1 aliphatic carbocycles. The highest BCUT2D eigenvalue weighted by molar-refractivity contribution is 5.87. The van der Waals surface area contributed by atoms with Gasteiger partial charge in [0.2, 0.25) is 5.91 Å². The van der Waals surface area contributed by atoms with Gasteiger partial charge >= 0.3 is 5.97 Å². The van der Waals surface area contributed by atoms with Crippen molar-refractivity contribution in [3.8, 4) is 0 Å². The summed E-state index contributed by atoms with van der Waals surface area (Å²) in [6.45, 7) is 3.93. The summed E-state index contributed by atoms with van der Waals surface area (Å²) in [6, 6.07) is -0.531. The lowest BCUT2D eigenvalue weighted by Gasteiger charge is -2.24. The molecule has 0 spiro atoms. The van der Waals surface area contributed by atoms with Crippen LogP contribution in [-0.4, -0.2) is 35.1 Å². The second kappa shape index (κ2) is 6.57. The molecule has 2 rings (SSSR count). The van der Waals surface area contributed by atoms with Gasteiger partial charge in [0.25, 0.3) is 0 Å². The van der Waals surface area contributed by atoms with Gasteiger partial charge in [-0.25, -0.2) is 4.79 Å². The Kier molecular flexibility index (Phi) is 5.02. The molecule has 3 N–H and O–H groups in total. The lowest BCUT2D eigenvalue weighted by Crippen LogP contribution is -2.49. The van der Waals surface area contributed by atoms with E-state index in [2.05, 4.69) is 10.6 Å². The smallest absolute Gasteiger partial charge is 0.326 e. The maximum absolute atomic E-state index is 12.2. The summed E-state index contributed by atoms with van der Waals surface area (Å²) >= 11 is 0. The summed E-state index contributed by atoms with van der Waals surface area (Å²) in [5, 5.41) is 15.3. The Balaban J connectivity index is 1.89. The second-order valence-corrected chi connectivity index (χ2v) is 6.63. The minimum absolute atomic E-state index is 0.146. The summed E-state index contributed by atoms with van der Waals surface area (Å²) in [5.41, 5.74) is 0. The van der Waals surface area contributed by atoms with Crippen LogP contribution in [0.1, 0.15) is 52.4 Å². The van der Waals surface area contributed by atoms with Crippen molar-refractivity contribution in [2.75, 3.05) is 0 Å². The lowest BCUT2D eigenvalue weighted by molar-refractivity contribution is -0.142. The monoisotopic (exact) mass is 282 g/mol. The minimum atomic E-state index is -0.942. The molecule has 0 bridgehead atoms. The quantitative estimate of drug-likeness (QED) is 0.714. The van der Waals surface area contributed by atoms with Gasteiger partial charge < -0.3 is 15.7 Å². The summed E-state index contributed by atoms with van der Waals surface area (Å²) in [6.07, 6.45) is 6.14. The van der Waals surface area contributed by atoms with Gasteiger partial charge in [-0.3, -0.25) is 4.79 Å². The van der Waals surface area contributed by atoms with E-state index in [1.165, 1.54) is 19.3 Å². The van der Waals surface area contributed by atoms with Gasteiger partial charge in [0.1, 0.15) is 6.04 Å². The van der Waals surface area contributed by atoms with Gasteiger partial charge in [0, 0.05) is 6.04 Å². The van der Waals surface area contributed by atoms with Crippen molar-refractivity contribution in [3.05, 3.63) is 0 Å². The van der Waals surface area contributed by atoms with Crippen molar-refractivity contribution >= 4 is 11.9 Å². The standard InChI is InChI=1S/C15H26N2O3/c1-9(2)7-13(15(19)20)17-14(18)12-8-10-5-3-4-6-11(10)16-12/h9-13,16H,3-8H2,1-2H3,(H,17,18)(H,19,20)/t10?,11?,12?,13-/m0/s1. The van der Waals surface area contributed by atoms with E-state index in [-0.39, 0.29) is 17.9 Å². The first-order valence-electron chi connectivity index (χ1n) is 7.76. The normalized spacial score (nSPS) is 30.9. The SMILES string of the molecule is CC(C)C[C@H](NC(=O)C1CC2CCCCC2N1)C(=O)O. The van der Waals surface area contributed by atoms with Crippen molar-refractivity contribution in [1.29, 1.82) is 0 Å². The Labute approximate surface area is 120 Å². The number of hydrogen-bond acceptors (Lipinski definition) is 3. The first-order valence-corrected chi connectivity index (χ1v) is 7.76. The Morgan fingerprint density at radius 2 is 2.00 bits per heavy atom. The highest BCUT2D eigenvalue weighted by Crippen LogP contribution is 2.33. The first-order chi connectivity index (χ1) is 9.47. The molecule has 114 valence electrons. The molecule has 20 heavy (non-hydrogen) atoms. The highest BCUT2D eigenvalue weighted by Gasteiger charge is 2.39. The molecule has 0 aromatic carbocycles. The third-order valence-electron chi connectivity index (χ3n) is 4.50. The molecule has 1 saturated carbocycles. The van der Waals surface area contributed by atoms with Crippen LogP contribution in [0, 0.1) is 11.8 Å². The molecule has 4 atom stereocenters. The van der Waals surface area contributed by atoms with E-state index in [4.69, 9.17) is 0 Å². The molecule has 0 aromatic heterocycles. The van der Waals surface area contributed by atoms with Gasteiger partial charge in [-0.05, 0) is 37.5 Å². The number of fused-ring (bicyclic) bond motifs is 1. The van der Waals surface area contributed by atoms with Crippen LogP contribution in [-0.2, 0) is 9.59 Å². The van der Waals surface area contributed by atoms with Crippen LogP contribution in [0.25, 0.3) is 0 Å². The van der Waals surface area contributed by atoms with Crippen molar-refractivity contribution in [1.82, 2.24) is 10.6 Å². The largest absolute Gasteiger partial charge is 0.480 e. The fraction of sp³-hybridized carbons (Fsp3) is 0.867. The molecule has 5 heteroatoms. The zero-order valence-electron chi connectivity index (χ0n) is 12.4. The van der Waals surface area contributed by atoms with E-state index in [9.17, 15) is 14.7 Å². The fourth-order valence-corrected chi connectivity index (χ4v) is 3.49. The molecule has 1 heterocycles. The maximum atomic E-state index is 12.2. The van der Waals surface area contributed by atoms with Crippen molar-refractivity contribution in [2.45, 2.75) is 70.5 Å². The molecular formula is C15H26N2O3. The van der Waals surface area contributed by atoms with E-state index >= 15 is 0 Å². The number of carbonyl (C=O) groups excluding carboxylic acids is 1. The van der Waals surface area contributed by atoms with Crippen LogP contribution in [0.5, 0.6) is 0 Å². The number of nitrogens with one attached hydrogen (secondary N) is 2. The molecule has 1 amide bonds. The van der Waals surface area contributed by atoms with Gasteiger partial charge in [0.15, 0.2) is 0 Å². The van der Waals surface area contributed by atoms with Gasteiger partial charge in [-0.15, -0.1) is 0 Å². The van der Waals surface area contributed by atoms with E-state index in [1.807, 2.05) is 13.8 Å². The highest BCUT2D eigenvalue weighted by atomic mass is 16.4. The fourth-order valence-electron chi connectivity index (χ4n) is 3.49. The molecule has 0 radical (unpaired) electrons. The molecule has 1 aliphatic heterocycles. The third kappa shape index (κ3) is 3.72. The zero-order chi connectivity index (χ0) is 14.7. The van der Waals surface area contributed by atoms with Crippen LogP contribution >= 0.6 is 0 Å². The van der Waals surface area contributed by atoms with Crippen molar-refractivity contribution in [3.63, 3.8) is 0 Å². The Morgan fingerprint density at radius 1 is 1.30 bits per heavy atom. The Morgan fingerprint density at radius 3 is 2.60 bits per heavy atom. The van der Waals surface area contributed by atoms with E-state index in [1.54, 1.807) is 0 Å². The second-order valence-electron chi connectivity index (χ2n) is 6.63. The first kappa shape index (κ1) is 15.3. The van der Waals surface area contributed by atoms with Gasteiger partial charge in [-0.1, -0.05) is 26.7 Å². The maximum Gasteiger partial charge on any atom is 0.326 e. The molecule has 1 saturated heterocycles. The number of carboxylic acids is 1. The molecule has 5 nitrogen and oxygen atoms in total. The Bertz CT molecular complexity index is 356. The summed E-state index contributed by atoms with van der Waals surface area (Å²) in [5.74, 6) is -0.252. The minimum Gasteiger partial charge on any atom is -0.480 e. The van der Waals surface area contributed by atoms with E-state index < -0.39 is 12.0 Å². The molecule has 0 aromatic rings. The van der Waals surface area contributed by atoms with Crippen LogP contribution in [0.15, 0.2) is 0 Å². The predicted octanol–water partition coefficient (Wildman–Crippen LogP) is 1.52. The zero-order valence-corrected chi connectivity index (χ0v) is 12.4. The van der Waals surface area contributed by atoms with E-state index in [0.29, 0.717) is 18.4 Å². The number of carbonyl (C=O) groups is 2. The number of hydrogen-bond donors (Lipinski definition) is 3. The predicted molar refractivity (Wildman–Crippen MR) is 76.3 cm³/mol. The molecule has 3 unspecified atom stereocenters. The third-order valence-corrected chi connectivity index (χ3v) is 4.50.